The second-order valence-electron chi connectivity index (χ2n) is 10.2. The van der Waals surface area contributed by atoms with Crippen LogP contribution in [-0.2, 0) is 17.8 Å². The lowest BCUT2D eigenvalue weighted by Gasteiger charge is -2.11. The molecule has 0 aliphatic carbocycles. The van der Waals surface area contributed by atoms with Crippen LogP contribution in [0.25, 0.3) is 0 Å². The van der Waals surface area contributed by atoms with E-state index in [1.54, 1.807) is 12.1 Å². The molecular formula is C32H50ClN2O3+. The van der Waals surface area contributed by atoms with Crippen LogP contribution in [-0.4, -0.2) is 25.7 Å². The van der Waals surface area contributed by atoms with Crippen molar-refractivity contribution in [3.63, 3.8) is 0 Å². The number of ether oxygens (including phenoxy) is 2. The van der Waals surface area contributed by atoms with Crippen LogP contribution in [0.5, 0.6) is 11.5 Å². The van der Waals surface area contributed by atoms with Gasteiger partial charge in [-0.25, -0.2) is 4.57 Å². The zero-order valence-electron chi connectivity index (χ0n) is 23.8. The van der Waals surface area contributed by atoms with Crippen LogP contribution in [0.4, 0.5) is 0 Å². The van der Waals surface area contributed by atoms with Crippen molar-refractivity contribution in [2.75, 3.05) is 19.8 Å². The van der Waals surface area contributed by atoms with Crippen molar-refractivity contribution < 1.29 is 18.8 Å². The number of carbonyl (C=O) groups excluding carboxylic acids is 1. The zero-order valence-corrected chi connectivity index (χ0v) is 24.6. The highest BCUT2D eigenvalue weighted by molar-refractivity contribution is 6.32. The van der Waals surface area contributed by atoms with E-state index in [0.29, 0.717) is 23.9 Å². The highest BCUT2D eigenvalue weighted by Gasteiger charge is 2.08. The van der Waals surface area contributed by atoms with Gasteiger partial charge in [0.1, 0.15) is 18.0 Å². The lowest BCUT2D eigenvalue weighted by Crippen LogP contribution is -2.34. The molecule has 0 radical (unpaired) electrons. The first kappa shape index (κ1) is 31.9. The van der Waals surface area contributed by atoms with E-state index in [-0.39, 0.29) is 12.5 Å². The summed E-state index contributed by atoms with van der Waals surface area (Å²) in [6, 6.07) is 9.50. The summed E-state index contributed by atoms with van der Waals surface area (Å²) in [4.78, 5) is 12.2. The van der Waals surface area contributed by atoms with Crippen LogP contribution >= 0.6 is 11.6 Å². The molecule has 1 aromatic heterocycles. The van der Waals surface area contributed by atoms with Gasteiger partial charge in [0.2, 0.25) is 0 Å². The zero-order chi connectivity index (χ0) is 27.3. The Labute approximate surface area is 236 Å². The minimum atomic E-state index is -0.161. The predicted octanol–water partition coefficient (Wildman–Crippen LogP) is 7.86. The highest BCUT2D eigenvalue weighted by Crippen LogP contribution is 2.29. The molecule has 212 valence electrons. The lowest BCUT2D eigenvalue weighted by atomic mass is 10.1. The Morgan fingerprint density at radius 2 is 1.55 bits per heavy atom. The molecule has 5 nitrogen and oxygen atoms in total. The molecule has 1 aromatic carbocycles. The predicted molar refractivity (Wildman–Crippen MR) is 157 cm³/mol. The molecule has 0 atom stereocenters. The molecule has 0 aliphatic rings. The van der Waals surface area contributed by atoms with Gasteiger partial charge in [-0.3, -0.25) is 4.79 Å². The normalized spacial score (nSPS) is 10.9. The van der Waals surface area contributed by atoms with Crippen LogP contribution in [0.1, 0.15) is 103 Å². The number of pyridine rings is 1. The number of aromatic nitrogens is 1. The molecule has 2 rings (SSSR count). The summed E-state index contributed by atoms with van der Waals surface area (Å²) in [5.74, 6) is 1.06. The third-order valence-electron chi connectivity index (χ3n) is 6.67. The molecule has 2 aromatic rings. The fraction of sp³-hybridized carbons (Fsp3) is 0.625. The van der Waals surface area contributed by atoms with Gasteiger partial charge in [-0.05, 0) is 31.0 Å². The smallest absolute Gasteiger partial charge is 0.257 e. The summed E-state index contributed by atoms with van der Waals surface area (Å²) in [7, 11) is 0. The Kier molecular flexibility index (Phi) is 17.4. The topological polar surface area (TPSA) is 51.4 Å². The van der Waals surface area contributed by atoms with Crippen LogP contribution in [0, 0.1) is 0 Å². The van der Waals surface area contributed by atoms with Crippen molar-refractivity contribution in [2.24, 2.45) is 0 Å². The first-order valence-electron chi connectivity index (χ1n) is 14.9. The van der Waals surface area contributed by atoms with Crippen molar-refractivity contribution in [2.45, 2.75) is 110 Å². The van der Waals surface area contributed by atoms with E-state index < -0.39 is 0 Å². The van der Waals surface area contributed by atoms with Crippen LogP contribution < -0.4 is 19.4 Å². The third kappa shape index (κ3) is 14.6. The van der Waals surface area contributed by atoms with Crippen molar-refractivity contribution in [3.8, 4) is 11.5 Å². The molecule has 0 fully saturated rings. The minimum Gasteiger partial charge on any atom is -0.494 e. The van der Waals surface area contributed by atoms with E-state index in [1.165, 1.54) is 76.2 Å². The van der Waals surface area contributed by atoms with Crippen molar-refractivity contribution in [3.05, 3.63) is 53.3 Å². The van der Waals surface area contributed by atoms with Crippen molar-refractivity contribution >= 4 is 17.5 Å². The number of nitrogens with one attached hydrogen (secondary N) is 1. The molecule has 1 heterocycles. The van der Waals surface area contributed by atoms with Gasteiger partial charge in [0, 0.05) is 30.7 Å². The van der Waals surface area contributed by atoms with Gasteiger partial charge in [0.05, 0.1) is 11.6 Å². The van der Waals surface area contributed by atoms with E-state index in [4.69, 9.17) is 21.1 Å². The molecule has 0 saturated carbocycles. The number of aryl methyl sites for hydroxylation is 1. The van der Waals surface area contributed by atoms with Gasteiger partial charge < -0.3 is 14.8 Å². The summed E-state index contributed by atoms with van der Waals surface area (Å²) in [5.41, 5.74) is 1.20. The van der Waals surface area contributed by atoms with Crippen LogP contribution in [0.2, 0.25) is 5.02 Å². The standard InChI is InChI=1S/C32H49ClN2O3/c1-3-5-6-7-8-9-10-11-12-13-14-15-24-37-29-18-19-31(30(33)25-29)38-27-32(36)34-21-20-28-17-16-23-35(26-28)22-4-2/h16-19,23,25-26H,3-15,20-22,24,27H2,1-2H3/p+1. The second kappa shape index (κ2) is 20.7. The molecule has 0 bridgehead atoms. The SMILES string of the molecule is CCCCCCCCCCCCCCOc1ccc(OCC(=O)NCCc2ccc[n+](CCC)c2)c(Cl)c1. The number of rotatable bonds is 22. The highest BCUT2D eigenvalue weighted by atomic mass is 35.5. The molecule has 0 saturated heterocycles. The largest absolute Gasteiger partial charge is 0.494 e. The van der Waals surface area contributed by atoms with E-state index in [0.717, 1.165) is 31.6 Å². The van der Waals surface area contributed by atoms with E-state index in [9.17, 15) is 4.79 Å². The van der Waals surface area contributed by atoms with E-state index in [1.807, 2.05) is 12.1 Å². The number of amides is 1. The lowest BCUT2D eigenvalue weighted by molar-refractivity contribution is -0.697. The first-order chi connectivity index (χ1) is 18.6. The molecule has 0 unspecified atom stereocenters. The Bertz CT molecular complexity index is 906. The number of halogens is 1. The summed E-state index contributed by atoms with van der Waals surface area (Å²) < 4.78 is 13.7. The van der Waals surface area contributed by atoms with Gasteiger partial charge in [-0.2, -0.15) is 0 Å². The number of benzene rings is 1. The van der Waals surface area contributed by atoms with Crippen LogP contribution in [0.3, 0.4) is 0 Å². The number of nitrogens with zero attached hydrogens (tertiary/aromatic N) is 1. The van der Waals surface area contributed by atoms with Gasteiger partial charge in [-0.1, -0.05) is 96.1 Å². The number of hydrogen-bond donors (Lipinski definition) is 1. The molecule has 6 heteroatoms. The number of unbranched alkanes of at least 4 members (excludes halogenated alkanes) is 11. The minimum absolute atomic E-state index is 0.0661. The van der Waals surface area contributed by atoms with Crippen LogP contribution in [0.15, 0.2) is 42.7 Å². The van der Waals surface area contributed by atoms with Crippen molar-refractivity contribution in [1.29, 1.82) is 0 Å². The fourth-order valence-corrected chi connectivity index (χ4v) is 4.71. The summed E-state index contributed by atoms with van der Waals surface area (Å²) in [6.45, 7) is 6.62. The fourth-order valence-electron chi connectivity index (χ4n) is 4.48. The molecule has 38 heavy (non-hydrogen) atoms. The van der Waals surface area contributed by atoms with Crippen molar-refractivity contribution in [1.82, 2.24) is 5.32 Å². The van der Waals surface area contributed by atoms with Gasteiger partial charge in [0.25, 0.3) is 5.91 Å². The monoisotopic (exact) mass is 545 g/mol. The number of hydrogen-bond acceptors (Lipinski definition) is 3. The summed E-state index contributed by atoms with van der Waals surface area (Å²) in [5, 5.41) is 3.36. The Morgan fingerprint density at radius 3 is 2.21 bits per heavy atom. The summed E-state index contributed by atoms with van der Waals surface area (Å²) in [6.07, 6.45) is 22.0. The Hall–Kier alpha value is -2.27. The molecule has 0 aliphatic heterocycles. The Balaban J connectivity index is 1.52. The first-order valence-corrected chi connectivity index (χ1v) is 15.3. The molecular weight excluding hydrogens is 496 g/mol. The molecule has 1 amide bonds. The third-order valence-corrected chi connectivity index (χ3v) is 6.96. The van der Waals surface area contributed by atoms with Gasteiger partial charge in [0.15, 0.2) is 19.0 Å². The second-order valence-corrected chi connectivity index (χ2v) is 10.6. The van der Waals surface area contributed by atoms with Gasteiger partial charge >= 0.3 is 0 Å². The average Bonchev–Trinajstić information content (AvgIpc) is 2.91. The average molecular weight is 546 g/mol. The molecule has 1 N–H and O–H groups in total. The van der Waals surface area contributed by atoms with E-state index in [2.05, 4.69) is 42.2 Å². The Morgan fingerprint density at radius 1 is 0.868 bits per heavy atom. The quantitative estimate of drug-likeness (QED) is 0.121. The summed E-state index contributed by atoms with van der Waals surface area (Å²) >= 11 is 6.36. The number of carbonyl (C=O) groups is 1. The maximum absolute atomic E-state index is 12.2. The maximum Gasteiger partial charge on any atom is 0.257 e. The molecule has 0 spiro atoms. The van der Waals surface area contributed by atoms with Gasteiger partial charge in [-0.15, -0.1) is 0 Å². The van der Waals surface area contributed by atoms with E-state index >= 15 is 0 Å². The maximum atomic E-state index is 12.2.